The number of alkyl halides is 3. The van der Waals surface area contributed by atoms with Crippen LogP contribution >= 0.6 is 0 Å². The van der Waals surface area contributed by atoms with Crippen LogP contribution in [0.3, 0.4) is 0 Å². The van der Waals surface area contributed by atoms with Crippen molar-refractivity contribution in [3.8, 4) is 0 Å². The Morgan fingerprint density at radius 2 is 1.57 bits per heavy atom. The van der Waals surface area contributed by atoms with Gasteiger partial charge in [-0.05, 0) is 13.0 Å². The first-order valence-electron chi connectivity index (χ1n) is 6.57. The van der Waals surface area contributed by atoms with E-state index in [1.807, 2.05) is 6.92 Å². The number of carbonyl (C=O) groups is 2. The Hall–Kier alpha value is -2.57. The second-order valence-corrected chi connectivity index (χ2v) is 4.90. The van der Waals surface area contributed by atoms with Crippen molar-refractivity contribution in [3.05, 3.63) is 58.9 Å². The molecule has 0 aliphatic heterocycles. The summed E-state index contributed by atoms with van der Waals surface area (Å²) in [6, 6.07) is 7.38. The first-order valence-corrected chi connectivity index (χ1v) is 6.57. The number of aliphatic carboxylic acids is 1. The molecule has 2 rings (SSSR count). The second-order valence-electron chi connectivity index (χ2n) is 4.90. The van der Waals surface area contributed by atoms with Gasteiger partial charge in [0.2, 0.25) is 5.78 Å². The molecule has 1 aromatic heterocycles. The van der Waals surface area contributed by atoms with Crippen LogP contribution in [0, 0.1) is 6.92 Å². The van der Waals surface area contributed by atoms with Crippen molar-refractivity contribution in [2.24, 2.45) is 7.05 Å². The standard InChI is InChI=1S/C14H12F3NO.C2H4O2/c1-9-3-5-10(6-4-9)13(19)12-11(14(15,16)17)7-8-18(12)2;1-2(3)4/h3-8H,1-2H3;1H3,(H,3,4). The number of hydrogen-bond donors (Lipinski definition) is 1. The maximum absolute atomic E-state index is 12.8. The first-order chi connectivity index (χ1) is 10.5. The van der Waals surface area contributed by atoms with Gasteiger partial charge in [-0.15, -0.1) is 0 Å². The van der Waals surface area contributed by atoms with E-state index in [1.54, 1.807) is 12.1 Å². The van der Waals surface area contributed by atoms with Gasteiger partial charge in [0.15, 0.2) is 0 Å². The SMILES string of the molecule is CC(=O)O.Cc1ccc(C(=O)c2c(C(F)(F)F)ccn2C)cc1. The quantitative estimate of drug-likeness (QED) is 0.856. The van der Waals surface area contributed by atoms with Gasteiger partial charge in [0.25, 0.3) is 5.97 Å². The lowest BCUT2D eigenvalue weighted by Gasteiger charge is -2.10. The average molecular weight is 327 g/mol. The number of halogens is 3. The van der Waals surface area contributed by atoms with Crippen LogP contribution in [0.1, 0.15) is 34.1 Å². The van der Waals surface area contributed by atoms with Crippen LogP contribution in [0.25, 0.3) is 0 Å². The van der Waals surface area contributed by atoms with Crippen LogP contribution in [-0.2, 0) is 18.0 Å². The van der Waals surface area contributed by atoms with E-state index in [0.29, 0.717) is 0 Å². The van der Waals surface area contributed by atoms with Crippen molar-refractivity contribution >= 4 is 11.8 Å². The topological polar surface area (TPSA) is 59.3 Å². The average Bonchev–Trinajstić information content (AvgIpc) is 2.80. The monoisotopic (exact) mass is 327 g/mol. The molecular weight excluding hydrogens is 311 g/mol. The number of rotatable bonds is 2. The van der Waals surface area contributed by atoms with E-state index in [9.17, 15) is 18.0 Å². The molecule has 0 saturated carbocycles. The third-order valence-corrected chi connectivity index (χ3v) is 2.91. The molecule has 0 radical (unpaired) electrons. The molecule has 124 valence electrons. The van der Waals surface area contributed by atoms with Crippen molar-refractivity contribution in [2.45, 2.75) is 20.0 Å². The fraction of sp³-hybridized carbons (Fsp3) is 0.250. The van der Waals surface area contributed by atoms with Crippen LogP contribution in [0.5, 0.6) is 0 Å². The molecule has 2 aromatic rings. The number of benzene rings is 1. The third-order valence-electron chi connectivity index (χ3n) is 2.91. The minimum absolute atomic E-state index is 0.248. The van der Waals surface area contributed by atoms with Gasteiger partial charge in [0.1, 0.15) is 5.69 Å². The van der Waals surface area contributed by atoms with Crippen LogP contribution in [0.4, 0.5) is 13.2 Å². The van der Waals surface area contributed by atoms with Gasteiger partial charge >= 0.3 is 6.18 Å². The zero-order valence-corrected chi connectivity index (χ0v) is 12.8. The summed E-state index contributed by atoms with van der Waals surface area (Å²) < 4.78 is 39.7. The molecule has 0 bridgehead atoms. The number of ketones is 1. The lowest BCUT2D eigenvalue weighted by atomic mass is 10.0. The van der Waals surface area contributed by atoms with Gasteiger partial charge < -0.3 is 9.67 Å². The van der Waals surface area contributed by atoms with Gasteiger partial charge in [0.05, 0.1) is 5.56 Å². The van der Waals surface area contributed by atoms with E-state index in [1.165, 1.54) is 29.9 Å². The Labute approximate surface area is 131 Å². The van der Waals surface area contributed by atoms with E-state index < -0.39 is 23.5 Å². The van der Waals surface area contributed by atoms with E-state index in [0.717, 1.165) is 18.6 Å². The largest absolute Gasteiger partial charge is 0.481 e. The summed E-state index contributed by atoms with van der Waals surface area (Å²) in [6.07, 6.45) is -3.29. The van der Waals surface area contributed by atoms with Crippen LogP contribution < -0.4 is 0 Å². The molecule has 23 heavy (non-hydrogen) atoms. The Bertz CT molecular complexity index is 696. The Balaban J connectivity index is 0.000000593. The highest BCUT2D eigenvalue weighted by molar-refractivity contribution is 6.09. The van der Waals surface area contributed by atoms with Crippen molar-refractivity contribution in [1.29, 1.82) is 0 Å². The summed E-state index contributed by atoms with van der Waals surface area (Å²) in [5.74, 6) is -1.46. The maximum Gasteiger partial charge on any atom is 0.418 e. The van der Waals surface area contributed by atoms with Gasteiger partial charge in [0, 0.05) is 25.7 Å². The predicted octanol–water partition coefficient (Wildman–Crippen LogP) is 3.67. The number of hydrogen-bond acceptors (Lipinski definition) is 2. The van der Waals surface area contributed by atoms with E-state index in [2.05, 4.69) is 0 Å². The number of aromatic nitrogens is 1. The highest BCUT2D eigenvalue weighted by atomic mass is 19.4. The molecule has 0 aliphatic rings. The normalized spacial score (nSPS) is 10.7. The molecular formula is C16H16F3NO3. The summed E-state index contributed by atoms with van der Waals surface area (Å²) in [7, 11) is 1.43. The van der Waals surface area contributed by atoms with Gasteiger partial charge in [-0.25, -0.2) is 0 Å². The maximum atomic E-state index is 12.8. The Morgan fingerprint density at radius 1 is 1.09 bits per heavy atom. The number of carbonyl (C=O) groups excluding carboxylic acids is 1. The zero-order chi connectivity index (χ0) is 17.8. The minimum Gasteiger partial charge on any atom is -0.481 e. The fourth-order valence-corrected chi connectivity index (χ4v) is 1.88. The minimum atomic E-state index is -4.53. The molecule has 0 saturated heterocycles. The predicted molar refractivity (Wildman–Crippen MR) is 78.3 cm³/mol. The Kier molecular flexibility index (Phi) is 5.73. The molecule has 0 unspecified atom stereocenters. The van der Waals surface area contributed by atoms with Crippen LogP contribution in [0.2, 0.25) is 0 Å². The third kappa shape index (κ3) is 4.98. The highest BCUT2D eigenvalue weighted by Gasteiger charge is 2.37. The Morgan fingerprint density at radius 3 is 2.00 bits per heavy atom. The molecule has 1 aromatic carbocycles. The van der Waals surface area contributed by atoms with Crippen molar-refractivity contribution in [1.82, 2.24) is 4.57 Å². The molecule has 7 heteroatoms. The van der Waals surface area contributed by atoms with Gasteiger partial charge in [-0.2, -0.15) is 13.2 Å². The van der Waals surface area contributed by atoms with Crippen LogP contribution in [-0.4, -0.2) is 21.4 Å². The number of carboxylic acid groups (broad SMARTS) is 1. The molecule has 0 spiro atoms. The summed E-state index contributed by atoms with van der Waals surface area (Å²) >= 11 is 0. The second kappa shape index (κ2) is 7.13. The summed E-state index contributed by atoms with van der Waals surface area (Å²) in [4.78, 5) is 21.2. The van der Waals surface area contributed by atoms with Crippen molar-refractivity contribution in [3.63, 3.8) is 0 Å². The highest BCUT2D eigenvalue weighted by Crippen LogP contribution is 2.33. The summed E-state index contributed by atoms with van der Waals surface area (Å²) in [6.45, 7) is 2.93. The zero-order valence-electron chi connectivity index (χ0n) is 12.8. The lowest BCUT2D eigenvalue weighted by Crippen LogP contribution is -2.15. The summed E-state index contributed by atoms with van der Waals surface area (Å²) in [5, 5.41) is 7.42. The van der Waals surface area contributed by atoms with Crippen molar-refractivity contribution in [2.75, 3.05) is 0 Å². The molecule has 1 heterocycles. The van der Waals surface area contributed by atoms with E-state index >= 15 is 0 Å². The number of carboxylic acids is 1. The molecule has 0 fully saturated rings. The van der Waals surface area contributed by atoms with E-state index in [-0.39, 0.29) is 11.3 Å². The molecule has 0 atom stereocenters. The number of nitrogens with zero attached hydrogens (tertiary/aromatic N) is 1. The van der Waals surface area contributed by atoms with Gasteiger partial charge in [-0.3, -0.25) is 9.59 Å². The summed E-state index contributed by atoms with van der Waals surface area (Å²) in [5.41, 5.74) is -0.0469. The smallest absolute Gasteiger partial charge is 0.418 e. The molecule has 0 aliphatic carbocycles. The molecule has 0 amide bonds. The van der Waals surface area contributed by atoms with Crippen molar-refractivity contribution < 1.29 is 27.9 Å². The van der Waals surface area contributed by atoms with Crippen LogP contribution in [0.15, 0.2) is 36.5 Å². The van der Waals surface area contributed by atoms with Gasteiger partial charge in [-0.1, -0.05) is 29.8 Å². The fourth-order valence-electron chi connectivity index (χ4n) is 1.88. The molecule has 4 nitrogen and oxygen atoms in total. The number of aryl methyl sites for hydroxylation is 2. The molecule has 1 N–H and O–H groups in total. The lowest BCUT2D eigenvalue weighted by molar-refractivity contribution is -0.138. The van der Waals surface area contributed by atoms with E-state index in [4.69, 9.17) is 9.90 Å². The first kappa shape index (κ1) is 18.5.